The zero-order valence-electron chi connectivity index (χ0n) is 13.1. The topological polar surface area (TPSA) is 143 Å². The normalized spacial score (nSPS) is 10.9. The highest BCUT2D eigenvalue weighted by Gasteiger charge is 2.20. The van der Waals surface area contributed by atoms with E-state index in [1.807, 2.05) is 0 Å². The quantitative estimate of drug-likeness (QED) is 0.438. The zero-order chi connectivity index (χ0) is 18.3. The van der Waals surface area contributed by atoms with Crippen molar-refractivity contribution in [1.29, 1.82) is 0 Å². The van der Waals surface area contributed by atoms with Crippen LogP contribution in [0.1, 0.15) is 10.4 Å². The Labute approximate surface area is 145 Å². The lowest BCUT2D eigenvalue weighted by Gasteiger charge is -2.04. The van der Waals surface area contributed by atoms with Gasteiger partial charge in [-0.3, -0.25) is 14.9 Å². The summed E-state index contributed by atoms with van der Waals surface area (Å²) in [6.45, 7) is 0. The first-order valence-electron chi connectivity index (χ1n) is 7.39. The summed E-state index contributed by atoms with van der Waals surface area (Å²) in [5.41, 5.74) is 6.50. The molecule has 4 rings (SSSR count). The van der Waals surface area contributed by atoms with Crippen molar-refractivity contribution < 1.29 is 14.1 Å². The SMILES string of the molecule is Nc1nc(-c2ccco2)c2cnn(C(=O)c3ccc([N+](=O)[O-])cc3)c2n1. The molecule has 0 saturated heterocycles. The zero-order valence-corrected chi connectivity index (χ0v) is 13.1. The number of carbonyl (C=O) groups is 1. The molecule has 0 radical (unpaired) electrons. The van der Waals surface area contributed by atoms with E-state index >= 15 is 0 Å². The van der Waals surface area contributed by atoms with E-state index in [1.165, 1.54) is 36.7 Å². The van der Waals surface area contributed by atoms with E-state index in [4.69, 9.17) is 10.2 Å². The fourth-order valence-corrected chi connectivity index (χ4v) is 2.52. The fourth-order valence-electron chi connectivity index (χ4n) is 2.52. The third-order valence-corrected chi connectivity index (χ3v) is 3.72. The van der Waals surface area contributed by atoms with E-state index in [0.29, 0.717) is 16.8 Å². The average molecular weight is 350 g/mol. The van der Waals surface area contributed by atoms with Crippen LogP contribution in [0.2, 0.25) is 0 Å². The lowest BCUT2D eigenvalue weighted by atomic mass is 10.2. The Bertz CT molecular complexity index is 1130. The second kappa shape index (κ2) is 5.77. The van der Waals surface area contributed by atoms with Crippen molar-refractivity contribution in [3.05, 3.63) is 64.5 Å². The monoisotopic (exact) mass is 350 g/mol. The minimum atomic E-state index is -0.541. The van der Waals surface area contributed by atoms with Gasteiger partial charge in [-0.2, -0.15) is 14.8 Å². The van der Waals surface area contributed by atoms with Crippen molar-refractivity contribution in [3.63, 3.8) is 0 Å². The molecule has 10 nitrogen and oxygen atoms in total. The molecule has 10 heteroatoms. The number of nitro groups is 1. The van der Waals surface area contributed by atoms with Crippen molar-refractivity contribution in [2.45, 2.75) is 0 Å². The van der Waals surface area contributed by atoms with Gasteiger partial charge in [0.1, 0.15) is 5.69 Å². The van der Waals surface area contributed by atoms with Crippen molar-refractivity contribution in [2.75, 3.05) is 5.73 Å². The van der Waals surface area contributed by atoms with Crippen LogP contribution in [0.25, 0.3) is 22.5 Å². The molecule has 0 amide bonds. The predicted molar refractivity (Wildman–Crippen MR) is 90.3 cm³/mol. The smallest absolute Gasteiger partial charge is 0.280 e. The number of rotatable bonds is 3. The van der Waals surface area contributed by atoms with Crippen LogP contribution >= 0.6 is 0 Å². The van der Waals surface area contributed by atoms with Crippen LogP contribution in [0.4, 0.5) is 11.6 Å². The summed E-state index contributed by atoms with van der Waals surface area (Å²) >= 11 is 0. The molecule has 26 heavy (non-hydrogen) atoms. The molecule has 128 valence electrons. The van der Waals surface area contributed by atoms with E-state index in [1.54, 1.807) is 12.1 Å². The Hall–Kier alpha value is -4.08. The maximum absolute atomic E-state index is 12.7. The maximum Gasteiger partial charge on any atom is 0.280 e. The summed E-state index contributed by atoms with van der Waals surface area (Å²) in [6, 6.07) is 8.60. The summed E-state index contributed by atoms with van der Waals surface area (Å²) in [4.78, 5) is 31.2. The van der Waals surface area contributed by atoms with Crippen LogP contribution in [0.15, 0.2) is 53.3 Å². The van der Waals surface area contributed by atoms with Crippen LogP contribution in [-0.4, -0.2) is 30.6 Å². The molecule has 3 heterocycles. The molecule has 0 bridgehead atoms. The lowest BCUT2D eigenvalue weighted by Crippen LogP contribution is -2.14. The van der Waals surface area contributed by atoms with E-state index in [-0.39, 0.29) is 22.8 Å². The van der Waals surface area contributed by atoms with Crippen molar-refractivity contribution in [1.82, 2.24) is 19.7 Å². The highest BCUT2D eigenvalue weighted by atomic mass is 16.6. The third kappa shape index (κ3) is 2.45. The average Bonchev–Trinajstić information content (AvgIpc) is 3.30. The van der Waals surface area contributed by atoms with Gasteiger partial charge in [0.15, 0.2) is 11.4 Å². The number of benzene rings is 1. The number of nitrogens with two attached hydrogens (primary N) is 1. The number of hydrogen-bond donors (Lipinski definition) is 1. The molecular formula is C16H10N6O4. The Kier molecular flexibility index (Phi) is 3.43. The summed E-state index contributed by atoms with van der Waals surface area (Å²) < 4.78 is 6.41. The van der Waals surface area contributed by atoms with Gasteiger partial charge in [-0.1, -0.05) is 0 Å². The predicted octanol–water partition coefficient (Wildman–Crippen LogP) is 2.27. The van der Waals surface area contributed by atoms with Crippen molar-refractivity contribution in [2.24, 2.45) is 0 Å². The minimum absolute atomic E-state index is 0.0397. The summed E-state index contributed by atoms with van der Waals surface area (Å²) in [7, 11) is 0. The van der Waals surface area contributed by atoms with E-state index in [0.717, 1.165) is 4.68 Å². The minimum Gasteiger partial charge on any atom is -0.463 e. The number of furan rings is 1. The van der Waals surface area contributed by atoms with Crippen LogP contribution in [0, 0.1) is 10.1 Å². The van der Waals surface area contributed by atoms with Crippen LogP contribution in [-0.2, 0) is 0 Å². The summed E-state index contributed by atoms with van der Waals surface area (Å²) in [5, 5.41) is 15.3. The highest BCUT2D eigenvalue weighted by molar-refractivity contribution is 6.02. The number of fused-ring (bicyclic) bond motifs is 1. The van der Waals surface area contributed by atoms with Gasteiger partial charge >= 0.3 is 0 Å². The van der Waals surface area contributed by atoms with Gasteiger partial charge in [-0.15, -0.1) is 0 Å². The van der Waals surface area contributed by atoms with Gasteiger partial charge < -0.3 is 10.2 Å². The van der Waals surface area contributed by atoms with Gasteiger partial charge in [0, 0.05) is 17.7 Å². The van der Waals surface area contributed by atoms with Gasteiger partial charge in [0.25, 0.3) is 11.6 Å². The number of nitro benzene ring substituents is 1. The number of non-ortho nitro benzene ring substituents is 1. The van der Waals surface area contributed by atoms with Gasteiger partial charge in [0.2, 0.25) is 5.95 Å². The molecule has 0 aliphatic rings. The first kappa shape index (κ1) is 15.4. The molecule has 1 aromatic carbocycles. The fraction of sp³-hybridized carbons (Fsp3) is 0. The molecule has 0 aliphatic heterocycles. The molecule has 3 aromatic heterocycles. The third-order valence-electron chi connectivity index (χ3n) is 3.72. The van der Waals surface area contributed by atoms with E-state index in [9.17, 15) is 14.9 Å². The number of carbonyl (C=O) groups excluding carboxylic acids is 1. The van der Waals surface area contributed by atoms with Crippen molar-refractivity contribution in [3.8, 4) is 11.5 Å². The number of aromatic nitrogens is 4. The number of hydrogen-bond acceptors (Lipinski definition) is 8. The molecule has 0 atom stereocenters. The lowest BCUT2D eigenvalue weighted by molar-refractivity contribution is -0.384. The number of nitrogens with zero attached hydrogens (tertiary/aromatic N) is 5. The molecular weight excluding hydrogens is 340 g/mol. The van der Waals surface area contributed by atoms with E-state index in [2.05, 4.69) is 15.1 Å². The van der Waals surface area contributed by atoms with Gasteiger partial charge in [0.05, 0.1) is 22.8 Å². The Balaban J connectivity index is 1.82. The molecule has 0 saturated carbocycles. The Morgan fingerprint density at radius 2 is 1.96 bits per heavy atom. The highest BCUT2D eigenvalue weighted by Crippen LogP contribution is 2.27. The largest absolute Gasteiger partial charge is 0.463 e. The van der Waals surface area contributed by atoms with Crippen LogP contribution in [0.5, 0.6) is 0 Å². The van der Waals surface area contributed by atoms with Crippen molar-refractivity contribution >= 4 is 28.6 Å². The maximum atomic E-state index is 12.7. The van der Waals surface area contributed by atoms with Gasteiger partial charge in [-0.05, 0) is 24.3 Å². The Morgan fingerprint density at radius 3 is 2.62 bits per heavy atom. The summed E-state index contributed by atoms with van der Waals surface area (Å²) in [6.07, 6.45) is 2.93. The molecule has 4 aromatic rings. The molecule has 0 spiro atoms. The number of anilines is 1. The first-order chi connectivity index (χ1) is 12.5. The van der Waals surface area contributed by atoms with Gasteiger partial charge in [-0.25, -0.2) is 4.98 Å². The van der Waals surface area contributed by atoms with Crippen LogP contribution < -0.4 is 5.73 Å². The van der Waals surface area contributed by atoms with Crippen LogP contribution in [0.3, 0.4) is 0 Å². The number of nitrogen functional groups attached to an aromatic ring is 1. The standard InChI is InChI=1S/C16H10N6O4/c17-16-19-13(12-2-1-7-26-12)11-8-18-21(14(11)20-16)15(23)9-3-5-10(6-4-9)22(24)25/h1-8H,(H2,17,19,20). The molecule has 0 fully saturated rings. The molecule has 0 unspecified atom stereocenters. The molecule has 0 aliphatic carbocycles. The van der Waals surface area contributed by atoms with E-state index < -0.39 is 10.8 Å². The second-order valence-corrected chi connectivity index (χ2v) is 5.31. The molecule has 2 N–H and O–H groups in total. The Morgan fingerprint density at radius 1 is 1.19 bits per heavy atom. The second-order valence-electron chi connectivity index (χ2n) is 5.31. The summed E-state index contributed by atoms with van der Waals surface area (Å²) in [5.74, 6) is -0.0769. The first-order valence-corrected chi connectivity index (χ1v) is 7.39.